The van der Waals surface area contributed by atoms with Gasteiger partial charge in [-0.3, -0.25) is 4.79 Å². The molecule has 3 atom stereocenters. The summed E-state index contributed by atoms with van der Waals surface area (Å²) in [6, 6.07) is 9.48. The maximum Gasteiger partial charge on any atom is 0.375 e. The van der Waals surface area contributed by atoms with Gasteiger partial charge in [0.1, 0.15) is 5.92 Å². The van der Waals surface area contributed by atoms with E-state index >= 15 is 0 Å². The van der Waals surface area contributed by atoms with E-state index in [2.05, 4.69) is 19.9 Å². The fraction of sp³-hybridized carbons (Fsp3) is 0.450. The largest absolute Gasteiger partial charge is 0.464 e. The minimum Gasteiger partial charge on any atom is -0.464 e. The predicted octanol–water partition coefficient (Wildman–Crippen LogP) is 2.57. The average molecular weight is 326 g/mol. The first-order chi connectivity index (χ1) is 11.5. The number of hydrogen-bond donors (Lipinski definition) is 0. The van der Waals surface area contributed by atoms with Gasteiger partial charge < -0.3 is 4.74 Å². The summed E-state index contributed by atoms with van der Waals surface area (Å²) in [6.45, 7) is 4.87. The molecule has 0 aromatic heterocycles. The smallest absolute Gasteiger partial charge is 0.375 e. The Morgan fingerprint density at radius 3 is 2.58 bits per heavy atom. The summed E-state index contributed by atoms with van der Waals surface area (Å²) in [5.41, 5.74) is 1.78. The maximum atomic E-state index is 12.8. The average Bonchev–Trinajstić information content (AvgIpc) is 3.12. The highest BCUT2D eigenvalue weighted by molar-refractivity contribution is 6.28. The summed E-state index contributed by atoms with van der Waals surface area (Å²) in [7, 11) is 1.42. The molecule has 1 aromatic rings. The first-order valence-corrected chi connectivity index (χ1v) is 8.51. The number of nitrogens with zero attached hydrogens (tertiary/aromatic N) is 1. The first kappa shape index (κ1) is 16.6. The van der Waals surface area contributed by atoms with E-state index in [1.165, 1.54) is 7.11 Å². The third-order valence-corrected chi connectivity index (χ3v) is 4.84. The van der Waals surface area contributed by atoms with Crippen LogP contribution < -0.4 is 0 Å². The van der Waals surface area contributed by atoms with Crippen molar-refractivity contribution in [3.05, 3.63) is 42.0 Å². The number of hydrogen-bond acceptors (Lipinski definition) is 3. The van der Waals surface area contributed by atoms with Crippen LogP contribution in [0.4, 0.5) is 0 Å². The minimum atomic E-state index is -0.304. The fourth-order valence-electron chi connectivity index (χ4n) is 3.67. The van der Waals surface area contributed by atoms with E-state index < -0.39 is 0 Å². The third-order valence-electron chi connectivity index (χ3n) is 4.84. The summed E-state index contributed by atoms with van der Waals surface area (Å²) in [6.07, 6.45) is 4.75. The van der Waals surface area contributed by atoms with Crippen LogP contribution >= 0.6 is 0 Å². The number of benzene rings is 1. The first-order valence-electron chi connectivity index (χ1n) is 8.51. The topological polar surface area (TPSA) is 46.4 Å². The number of Topliss-reactive ketones (excluding diaryl/α,β-unsaturated/α-hetero) is 1. The Hall–Kier alpha value is -2.23. The zero-order valence-electron chi connectivity index (χ0n) is 14.4. The van der Waals surface area contributed by atoms with Crippen molar-refractivity contribution in [3.8, 4) is 0 Å². The molecule has 0 spiro atoms. The molecule has 1 aliphatic carbocycles. The van der Waals surface area contributed by atoms with Gasteiger partial charge in [0.15, 0.2) is 18.5 Å². The third kappa shape index (κ3) is 3.05. The molecular formula is C20H24NO3+. The number of carbonyl (C=O) groups is 2. The number of esters is 1. The lowest BCUT2D eigenvalue weighted by atomic mass is 9.97. The van der Waals surface area contributed by atoms with Gasteiger partial charge in [0, 0.05) is 12.0 Å². The van der Waals surface area contributed by atoms with E-state index in [4.69, 9.17) is 4.74 Å². The Kier molecular flexibility index (Phi) is 4.65. The van der Waals surface area contributed by atoms with E-state index in [1.54, 1.807) is 0 Å². The number of allylic oxidation sites excluding steroid dienone is 1. The van der Waals surface area contributed by atoms with E-state index in [-0.39, 0.29) is 29.6 Å². The van der Waals surface area contributed by atoms with Crippen LogP contribution in [0.3, 0.4) is 0 Å². The van der Waals surface area contributed by atoms with Crippen LogP contribution in [0.2, 0.25) is 0 Å². The molecule has 0 unspecified atom stereocenters. The molecule has 1 aliphatic heterocycles. The van der Waals surface area contributed by atoms with Crippen molar-refractivity contribution in [2.24, 2.45) is 17.8 Å². The van der Waals surface area contributed by atoms with Crippen LogP contribution in [0.15, 0.2) is 36.4 Å². The second-order valence-corrected chi connectivity index (χ2v) is 7.01. The highest BCUT2D eigenvalue weighted by atomic mass is 16.5. The van der Waals surface area contributed by atoms with Crippen molar-refractivity contribution in [3.63, 3.8) is 0 Å². The molecule has 0 radical (unpaired) electrons. The second-order valence-electron chi connectivity index (χ2n) is 7.01. The quantitative estimate of drug-likeness (QED) is 0.617. The second kappa shape index (κ2) is 6.71. The van der Waals surface area contributed by atoms with Crippen LogP contribution in [0.1, 0.15) is 25.8 Å². The summed E-state index contributed by atoms with van der Waals surface area (Å²) >= 11 is 0. The van der Waals surface area contributed by atoms with Gasteiger partial charge in [-0.2, -0.15) is 0 Å². The molecule has 4 nitrogen and oxygen atoms in total. The van der Waals surface area contributed by atoms with Gasteiger partial charge in [0.2, 0.25) is 6.04 Å². The maximum absolute atomic E-state index is 12.8. The molecule has 4 heteroatoms. The highest BCUT2D eigenvalue weighted by Crippen LogP contribution is 2.36. The Morgan fingerprint density at radius 1 is 1.29 bits per heavy atom. The van der Waals surface area contributed by atoms with Gasteiger partial charge in [0.25, 0.3) is 0 Å². The molecule has 0 N–H and O–H groups in total. The Morgan fingerprint density at radius 2 is 2.00 bits per heavy atom. The van der Waals surface area contributed by atoms with Crippen molar-refractivity contribution in [2.75, 3.05) is 13.7 Å². The van der Waals surface area contributed by atoms with Crippen molar-refractivity contribution < 1.29 is 18.9 Å². The van der Waals surface area contributed by atoms with Crippen LogP contribution in [-0.2, 0) is 14.3 Å². The van der Waals surface area contributed by atoms with Crippen LogP contribution in [0.5, 0.6) is 0 Å². The lowest BCUT2D eigenvalue weighted by Crippen LogP contribution is -2.36. The molecule has 0 amide bonds. The van der Waals surface area contributed by atoms with E-state index in [0.29, 0.717) is 12.5 Å². The number of ketones is 1. The van der Waals surface area contributed by atoms with E-state index in [9.17, 15) is 9.59 Å². The zero-order chi connectivity index (χ0) is 17.3. The number of carbonyl (C=O) groups excluding carboxylic acids is 2. The van der Waals surface area contributed by atoms with Crippen molar-refractivity contribution in [1.82, 2.24) is 0 Å². The van der Waals surface area contributed by atoms with Gasteiger partial charge in [-0.1, -0.05) is 50.3 Å². The summed E-state index contributed by atoms with van der Waals surface area (Å²) in [5.74, 6) is 0.308. The van der Waals surface area contributed by atoms with Gasteiger partial charge in [-0.05, 0) is 11.5 Å². The van der Waals surface area contributed by atoms with Crippen molar-refractivity contribution in [1.29, 1.82) is 0 Å². The SMILES string of the molecule is COC(=O)[C@H](CC(C)C)[N+]1=C[C@H]2C(=O)C(c3ccccc3)=C[C@H]2C1. The normalized spacial score (nSPS) is 23.8. The van der Waals surface area contributed by atoms with Crippen LogP contribution in [-0.4, -0.2) is 42.2 Å². The molecule has 1 aromatic carbocycles. The molecule has 24 heavy (non-hydrogen) atoms. The lowest BCUT2D eigenvalue weighted by Gasteiger charge is -2.14. The van der Waals surface area contributed by atoms with E-state index in [0.717, 1.165) is 17.6 Å². The van der Waals surface area contributed by atoms with Crippen molar-refractivity contribution in [2.45, 2.75) is 26.3 Å². The molecule has 0 bridgehead atoms. The molecule has 3 rings (SSSR count). The highest BCUT2D eigenvalue weighted by Gasteiger charge is 2.47. The summed E-state index contributed by atoms with van der Waals surface area (Å²) in [4.78, 5) is 24.9. The van der Waals surface area contributed by atoms with Crippen molar-refractivity contribution >= 4 is 23.5 Å². The standard InChI is InChI=1S/C20H24NO3/c1-13(2)9-18(20(23)24-3)21-11-15-10-16(19(22)17(15)12-21)14-7-5-4-6-8-14/h4-8,10,12-13,15,17-18H,9,11H2,1-3H3/q+1/t15-,17+,18-/m0/s1. The molecule has 0 fully saturated rings. The number of methoxy groups -OCH3 is 1. The van der Waals surface area contributed by atoms with Gasteiger partial charge in [-0.25, -0.2) is 9.37 Å². The molecular weight excluding hydrogens is 302 g/mol. The number of rotatable bonds is 5. The van der Waals surface area contributed by atoms with E-state index in [1.807, 2.05) is 41.1 Å². The minimum absolute atomic E-state index is 0.145. The monoisotopic (exact) mass is 326 g/mol. The number of fused-ring (bicyclic) bond motifs is 1. The Labute approximate surface area is 142 Å². The lowest BCUT2D eigenvalue weighted by molar-refractivity contribution is -0.548. The molecule has 0 saturated carbocycles. The number of ether oxygens (including phenoxy) is 1. The molecule has 2 aliphatic rings. The Bertz CT molecular complexity index is 703. The molecule has 126 valence electrons. The summed E-state index contributed by atoms with van der Waals surface area (Å²) in [5, 5.41) is 0. The summed E-state index contributed by atoms with van der Waals surface area (Å²) < 4.78 is 6.98. The zero-order valence-corrected chi connectivity index (χ0v) is 14.4. The van der Waals surface area contributed by atoms with Crippen LogP contribution in [0, 0.1) is 17.8 Å². The van der Waals surface area contributed by atoms with Gasteiger partial charge >= 0.3 is 5.97 Å². The fourth-order valence-corrected chi connectivity index (χ4v) is 3.67. The van der Waals surface area contributed by atoms with Gasteiger partial charge in [-0.15, -0.1) is 0 Å². The Balaban J connectivity index is 1.81. The van der Waals surface area contributed by atoms with Gasteiger partial charge in [0.05, 0.1) is 13.0 Å². The predicted molar refractivity (Wildman–Crippen MR) is 92.9 cm³/mol. The molecule has 0 saturated heterocycles. The van der Waals surface area contributed by atoms with Crippen LogP contribution in [0.25, 0.3) is 5.57 Å². The molecule has 1 heterocycles.